The average molecular weight is 453 g/mol. The summed E-state index contributed by atoms with van der Waals surface area (Å²) in [5.74, 6) is 0.461. The van der Waals surface area contributed by atoms with Gasteiger partial charge in [-0.3, -0.25) is 9.13 Å². The zero-order valence-electron chi connectivity index (χ0n) is 16.6. The molecule has 0 saturated heterocycles. The Morgan fingerprint density at radius 2 is 1.90 bits per heavy atom. The molecule has 0 unspecified atom stereocenters. The van der Waals surface area contributed by atoms with E-state index in [9.17, 15) is 14.8 Å². The third kappa shape index (κ3) is 6.05. The minimum absolute atomic E-state index is 0.281. The molecule has 13 heteroatoms. The van der Waals surface area contributed by atoms with Gasteiger partial charge in [0.2, 0.25) is 0 Å². The fourth-order valence-electron chi connectivity index (χ4n) is 2.91. The summed E-state index contributed by atoms with van der Waals surface area (Å²) < 4.78 is 22.2. The molecule has 2 aromatic heterocycles. The van der Waals surface area contributed by atoms with Crippen molar-refractivity contribution in [3.63, 3.8) is 0 Å². The summed E-state index contributed by atoms with van der Waals surface area (Å²) in [5.41, 5.74) is 1.72. The van der Waals surface area contributed by atoms with Crippen molar-refractivity contribution < 1.29 is 34.0 Å². The smallest absolute Gasteiger partial charge is 0.350 e. The van der Waals surface area contributed by atoms with E-state index in [1.54, 1.807) is 0 Å². The number of fused-ring (bicyclic) bond motifs is 1. The normalized spacial score (nSPS) is 15.0. The topological polar surface area (TPSA) is 172 Å². The van der Waals surface area contributed by atoms with Crippen molar-refractivity contribution in [1.82, 2.24) is 19.5 Å². The van der Waals surface area contributed by atoms with Gasteiger partial charge in [-0.1, -0.05) is 30.3 Å². The van der Waals surface area contributed by atoms with E-state index in [-0.39, 0.29) is 12.3 Å². The maximum atomic E-state index is 10.9. The van der Waals surface area contributed by atoms with Crippen LogP contribution in [0.1, 0.15) is 11.8 Å². The van der Waals surface area contributed by atoms with Crippen LogP contribution in [0.2, 0.25) is 0 Å². The number of nitrogens with zero attached hydrogens (tertiary/aromatic N) is 4. The number of imidazole rings is 1. The third-order valence-electron chi connectivity index (χ3n) is 4.48. The van der Waals surface area contributed by atoms with Gasteiger partial charge < -0.3 is 34.8 Å². The highest BCUT2D eigenvalue weighted by molar-refractivity contribution is 7.51. The van der Waals surface area contributed by atoms with E-state index in [1.165, 1.54) is 24.3 Å². The number of benzene rings is 1. The van der Waals surface area contributed by atoms with Crippen LogP contribution in [-0.2, 0) is 20.6 Å². The van der Waals surface area contributed by atoms with Crippen LogP contribution in [0.15, 0.2) is 43.0 Å². The van der Waals surface area contributed by atoms with E-state index < -0.39 is 32.4 Å². The second-order valence-electron chi connectivity index (χ2n) is 6.73. The number of anilines is 1. The fraction of sp³-hybridized carbons (Fsp3) is 0.389. The molecule has 31 heavy (non-hydrogen) atoms. The molecule has 0 aliphatic heterocycles. The van der Waals surface area contributed by atoms with E-state index in [2.05, 4.69) is 20.3 Å². The van der Waals surface area contributed by atoms with E-state index >= 15 is 0 Å². The first-order valence-electron chi connectivity index (χ1n) is 9.26. The quantitative estimate of drug-likeness (QED) is 0.255. The van der Waals surface area contributed by atoms with Crippen molar-refractivity contribution in [2.75, 3.05) is 25.4 Å². The van der Waals surface area contributed by atoms with Gasteiger partial charge in [0.05, 0.1) is 12.9 Å². The van der Waals surface area contributed by atoms with E-state index in [0.717, 1.165) is 5.56 Å². The first-order valence-corrected chi connectivity index (χ1v) is 11.1. The van der Waals surface area contributed by atoms with Crippen LogP contribution in [0.4, 0.5) is 5.82 Å². The van der Waals surface area contributed by atoms with Gasteiger partial charge in [-0.2, -0.15) is 0 Å². The molecule has 0 fully saturated rings. The predicted octanol–water partition coefficient (Wildman–Crippen LogP) is 0.457. The molecule has 0 radical (unpaired) electrons. The standard InChI is InChI=1S/C18H24N5O7P/c1-29-13(8-30-11-31(26,27)28)15(24)18(25)23-10-22-14-16(20-9-21-17(14)23)19-7-12-5-3-2-4-6-12/h2-6,9-10,13,15,18,24-25H,7-8,11H2,1H3,(H,19,20,21)(H2,26,27,28)/t13-,15-,18-/m1/s1. The maximum Gasteiger partial charge on any atom is 0.350 e. The number of ether oxygens (including phenoxy) is 2. The molecule has 0 amide bonds. The lowest BCUT2D eigenvalue weighted by Crippen LogP contribution is -2.39. The van der Waals surface area contributed by atoms with Gasteiger partial charge in [0.1, 0.15) is 24.9 Å². The molecule has 5 N–H and O–H groups in total. The highest BCUT2D eigenvalue weighted by Crippen LogP contribution is 2.34. The van der Waals surface area contributed by atoms with E-state index in [1.807, 2.05) is 30.3 Å². The lowest BCUT2D eigenvalue weighted by atomic mass is 10.2. The molecule has 12 nitrogen and oxygen atoms in total. The number of nitrogens with one attached hydrogen (secondary N) is 1. The molecule has 0 aliphatic carbocycles. The lowest BCUT2D eigenvalue weighted by Gasteiger charge is -2.26. The summed E-state index contributed by atoms with van der Waals surface area (Å²) in [4.78, 5) is 30.3. The van der Waals surface area contributed by atoms with Crippen LogP contribution in [0.3, 0.4) is 0 Å². The Kier molecular flexibility index (Phi) is 7.68. The number of methoxy groups -OCH3 is 1. The lowest BCUT2D eigenvalue weighted by molar-refractivity contribution is -0.122. The Morgan fingerprint density at radius 1 is 1.16 bits per heavy atom. The van der Waals surface area contributed by atoms with Gasteiger partial charge in [0, 0.05) is 13.7 Å². The summed E-state index contributed by atoms with van der Waals surface area (Å²) >= 11 is 0. The number of rotatable bonds is 11. The van der Waals surface area contributed by atoms with E-state index in [0.29, 0.717) is 17.9 Å². The number of aliphatic hydroxyl groups is 2. The van der Waals surface area contributed by atoms with Gasteiger partial charge in [-0.25, -0.2) is 15.0 Å². The second-order valence-corrected chi connectivity index (χ2v) is 8.32. The molecule has 3 atom stereocenters. The van der Waals surface area contributed by atoms with Gasteiger partial charge in [0.25, 0.3) is 0 Å². The second kappa shape index (κ2) is 10.2. The largest absolute Gasteiger partial charge is 0.386 e. The highest BCUT2D eigenvalue weighted by atomic mass is 31.2. The maximum absolute atomic E-state index is 10.9. The molecular formula is C18H24N5O7P. The molecule has 1 aromatic carbocycles. The molecule has 168 valence electrons. The van der Waals surface area contributed by atoms with Crippen molar-refractivity contribution >= 4 is 24.6 Å². The highest BCUT2D eigenvalue weighted by Gasteiger charge is 2.30. The summed E-state index contributed by atoms with van der Waals surface area (Å²) in [5, 5.41) is 24.3. The molecule has 0 spiro atoms. The molecule has 0 saturated carbocycles. The van der Waals surface area contributed by atoms with Crippen LogP contribution in [0.5, 0.6) is 0 Å². The first-order chi connectivity index (χ1) is 14.8. The Labute approximate surface area is 177 Å². The van der Waals surface area contributed by atoms with Crippen molar-refractivity contribution in [3.8, 4) is 0 Å². The zero-order chi connectivity index (χ0) is 22.4. The van der Waals surface area contributed by atoms with Gasteiger partial charge in [-0.05, 0) is 5.56 Å². The van der Waals surface area contributed by atoms with Crippen molar-refractivity contribution in [3.05, 3.63) is 48.5 Å². The Balaban J connectivity index is 1.73. The van der Waals surface area contributed by atoms with Crippen LogP contribution < -0.4 is 5.32 Å². The fourth-order valence-corrected chi connectivity index (χ4v) is 3.25. The Bertz CT molecular complexity index is 1030. The van der Waals surface area contributed by atoms with Crippen LogP contribution in [-0.4, -0.2) is 71.8 Å². The minimum atomic E-state index is -4.36. The summed E-state index contributed by atoms with van der Waals surface area (Å²) in [6.07, 6.45) is -2.27. The average Bonchev–Trinajstić information content (AvgIpc) is 3.19. The van der Waals surface area contributed by atoms with Crippen LogP contribution in [0.25, 0.3) is 11.2 Å². The van der Waals surface area contributed by atoms with Crippen molar-refractivity contribution in [1.29, 1.82) is 0 Å². The summed E-state index contributed by atoms with van der Waals surface area (Å²) in [6.45, 7) is 0.166. The minimum Gasteiger partial charge on any atom is -0.386 e. The third-order valence-corrected chi connectivity index (χ3v) is 5.00. The van der Waals surface area contributed by atoms with Crippen molar-refractivity contribution in [2.24, 2.45) is 0 Å². The number of hydrogen-bond acceptors (Lipinski definition) is 9. The predicted molar refractivity (Wildman–Crippen MR) is 110 cm³/mol. The Morgan fingerprint density at radius 3 is 2.58 bits per heavy atom. The molecule has 3 aromatic rings. The summed E-state index contributed by atoms with van der Waals surface area (Å²) in [6, 6.07) is 9.70. The van der Waals surface area contributed by atoms with Crippen LogP contribution >= 0.6 is 7.60 Å². The molecule has 2 heterocycles. The molecule has 0 bridgehead atoms. The number of hydrogen-bond donors (Lipinski definition) is 5. The summed E-state index contributed by atoms with van der Waals surface area (Å²) in [7, 11) is -3.08. The molecular weight excluding hydrogens is 429 g/mol. The SMILES string of the molecule is CO[C@H](COCP(=O)(O)O)[C@@H](O)[C@@H](O)n1cnc2c(NCc3ccccc3)ncnc21. The molecule has 3 rings (SSSR count). The van der Waals surface area contributed by atoms with Crippen LogP contribution in [0, 0.1) is 0 Å². The first kappa shape index (κ1) is 23.2. The molecule has 0 aliphatic rings. The van der Waals surface area contributed by atoms with Crippen molar-refractivity contribution in [2.45, 2.75) is 25.0 Å². The Hall–Kier alpha value is -2.44. The van der Waals surface area contributed by atoms with Gasteiger partial charge >= 0.3 is 7.60 Å². The zero-order valence-corrected chi connectivity index (χ0v) is 17.5. The monoisotopic (exact) mass is 453 g/mol. The number of aromatic nitrogens is 4. The van der Waals surface area contributed by atoms with E-state index in [4.69, 9.17) is 19.3 Å². The number of aliphatic hydroxyl groups excluding tert-OH is 2. The van der Waals surface area contributed by atoms with Gasteiger partial charge in [0.15, 0.2) is 23.2 Å². The van der Waals surface area contributed by atoms with Gasteiger partial charge in [-0.15, -0.1) is 0 Å².